The molecule has 2 unspecified atom stereocenters. The molecule has 1 heterocycles. The zero-order valence-electron chi connectivity index (χ0n) is 17.9. The highest BCUT2D eigenvalue weighted by atomic mass is 16.5. The smallest absolute Gasteiger partial charge is 0.355 e. The summed E-state index contributed by atoms with van der Waals surface area (Å²) in [6, 6.07) is 17.5. The molecule has 0 aromatic heterocycles. The van der Waals surface area contributed by atoms with Gasteiger partial charge in [-0.1, -0.05) is 42.5 Å². The lowest BCUT2D eigenvalue weighted by Crippen LogP contribution is -2.40. The maximum atomic E-state index is 13.0. The summed E-state index contributed by atoms with van der Waals surface area (Å²) in [7, 11) is 2.38. The van der Waals surface area contributed by atoms with Gasteiger partial charge in [0, 0.05) is 5.69 Å². The van der Waals surface area contributed by atoms with Crippen LogP contribution in [0.3, 0.4) is 0 Å². The Balaban J connectivity index is 2.40. The van der Waals surface area contributed by atoms with Crippen LogP contribution in [0.25, 0.3) is 0 Å². The van der Waals surface area contributed by atoms with Gasteiger partial charge in [-0.05, 0) is 30.2 Å². The third-order valence-electron chi connectivity index (χ3n) is 5.22. The molecule has 1 aliphatic heterocycles. The van der Waals surface area contributed by atoms with E-state index in [0.717, 1.165) is 0 Å². The first-order chi connectivity index (χ1) is 15.3. The summed E-state index contributed by atoms with van der Waals surface area (Å²) < 4.78 is 9.99. The number of nitrogens with zero attached hydrogens (tertiary/aromatic N) is 2. The van der Waals surface area contributed by atoms with Gasteiger partial charge in [0.1, 0.15) is 11.5 Å². The van der Waals surface area contributed by atoms with Gasteiger partial charge in [0.05, 0.1) is 43.5 Å². The molecule has 2 aromatic rings. The highest BCUT2D eigenvalue weighted by Gasteiger charge is 2.43. The number of anilines is 1. The molecular formula is C24H23N3O5. The van der Waals surface area contributed by atoms with E-state index in [0.29, 0.717) is 16.8 Å². The van der Waals surface area contributed by atoms with Gasteiger partial charge in [-0.3, -0.25) is 4.90 Å². The van der Waals surface area contributed by atoms with Gasteiger partial charge in [-0.2, -0.15) is 5.26 Å². The Morgan fingerprint density at radius 1 is 1.09 bits per heavy atom. The molecule has 3 N–H and O–H groups in total. The molecule has 32 heavy (non-hydrogen) atoms. The third kappa shape index (κ3) is 3.94. The van der Waals surface area contributed by atoms with Crippen LogP contribution >= 0.6 is 0 Å². The Kier molecular flexibility index (Phi) is 6.61. The molecular weight excluding hydrogens is 410 g/mol. The lowest BCUT2D eigenvalue weighted by atomic mass is 9.81. The van der Waals surface area contributed by atoms with Gasteiger partial charge < -0.3 is 20.3 Å². The molecule has 0 saturated heterocycles. The number of rotatable bonds is 5. The maximum absolute atomic E-state index is 13.0. The van der Waals surface area contributed by atoms with Crippen molar-refractivity contribution in [1.82, 2.24) is 0 Å². The number of ether oxygens (including phenoxy) is 2. The minimum atomic E-state index is -0.932. The Bertz CT molecular complexity index is 1150. The molecule has 0 spiro atoms. The van der Waals surface area contributed by atoms with Crippen LogP contribution in [0, 0.1) is 11.3 Å². The van der Waals surface area contributed by atoms with Crippen LogP contribution in [-0.2, 0) is 19.1 Å². The second-order valence-corrected chi connectivity index (χ2v) is 7.11. The Morgan fingerprint density at radius 3 is 2.31 bits per heavy atom. The van der Waals surface area contributed by atoms with Crippen LogP contribution in [-0.4, -0.2) is 31.3 Å². The number of esters is 2. The minimum Gasteiger partial charge on any atom is -0.466 e. The van der Waals surface area contributed by atoms with E-state index in [1.165, 1.54) is 19.1 Å². The fourth-order valence-electron chi connectivity index (χ4n) is 3.71. The van der Waals surface area contributed by atoms with E-state index < -0.39 is 24.0 Å². The predicted molar refractivity (Wildman–Crippen MR) is 117 cm³/mol. The van der Waals surface area contributed by atoms with Crippen molar-refractivity contribution >= 4 is 17.6 Å². The van der Waals surface area contributed by atoms with Gasteiger partial charge in [-0.15, -0.1) is 0 Å². The number of carbonyl (C=O) groups excluding carboxylic acids is 2. The average molecular weight is 433 g/mol. The van der Waals surface area contributed by atoms with Crippen LogP contribution in [0.4, 0.5) is 5.69 Å². The number of nitriles is 1. The van der Waals surface area contributed by atoms with Gasteiger partial charge in [0.2, 0.25) is 0 Å². The number of carbonyl (C=O) groups is 2. The largest absolute Gasteiger partial charge is 0.466 e. The van der Waals surface area contributed by atoms with Crippen molar-refractivity contribution in [3.8, 4) is 6.07 Å². The van der Waals surface area contributed by atoms with E-state index >= 15 is 0 Å². The Morgan fingerprint density at radius 2 is 1.75 bits per heavy atom. The normalized spacial score (nSPS) is 17.0. The molecule has 0 radical (unpaired) electrons. The predicted octanol–water partition coefficient (Wildman–Crippen LogP) is 2.64. The molecule has 0 saturated carbocycles. The SMILES string of the molecule is COC(=O)C1=C(C(=O)OC)N(c2cccc(C(C)O)c2)C(N)=C(C#N)C1c1ccccc1. The van der Waals surface area contributed by atoms with Crippen molar-refractivity contribution in [2.45, 2.75) is 18.9 Å². The quantitative estimate of drug-likeness (QED) is 0.689. The summed E-state index contributed by atoms with van der Waals surface area (Å²) in [6.07, 6.45) is -0.789. The summed E-state index contributed by atoms with van der Waals surface area (Å²) in [6.45, 7) is 1.59. The Labute approximate surface area is 185 Å². The first-order valence-electron chi connectivity index (χ1n) is 9.79. The summed E-state index contributed by atoms with van der Waals surface area (Å²) in [5, 5.41) is 20.0. The first kappa shape index (κ1) is 22.6. The summed E-state index contributed by atoms with van der Waals surface area (Å²) >= 11 is 0. The monoisotopic (exact) mass is 433 g/mol. The van der Waals surface area contributed by atoms with Crippen molar-refractivity contribution in [3.05, 3.63) is 88.4 Å². The van der Waals surface area contributed by atoms with E-state index in [-0.39, 0.29) is 22.7 Å². The van der Waals surface area contributed by atoms with Crippen LogP contribution in [0.15, 0.2) is 77.3 Å². The number of nitrogens with two attached hydrogens (primary N) is 1. The molecule has 0 bridgehead atoms. The molecule has 0 fully saturated rings. The molecule has 2 aromatic carbocycles. The number of aliphatic hydroxyl groups is 1. The molecule has 3 rings (SSSR count). The van der Waals surface area contributed by atoms with Gasteiger partial charge >= 0.3 is 11.9 Å². The minimum absolute atomic E-state index is 0.0304. The number of hydrogen-bond acceptors (Lipinski definition) is 8. The number of allylic oxidation sites excluding steroid dienone is 1. The number of methoxy groups -OCH3 is 2. The number of benzene rings is 2. The van der Waals surface area contributed by atoms with Crippen LogP contribution in [0.2, 0.25) is 0 Å². The molecule has 8 heteroatoms. The third-order valence-corrected chi connectivity index (χ3v) is 5.22. The zero-order chi connectivity index (χ0) is 23.4. The van der Waals surface area contributed by atoms with Crippen molar-refractivity contribution < 1.29 is 24.2 Å². The Hall–Kier alpha value is -4.09. The molecule has 8 nitrogen and oxygen atoms in total. The molecule has 2 atom stereocenters. The lowest BCUT2D eigenvalue weighted by Gasteiger charge is -2.36. The van der Waals surface area contributed by atoms with Gasteiger partial charge in [0.25, 0.3) is 0 Å². The topological polar surface area (TPSA) is 126 Å². The number of hydrogen-bond donors (Lipinski definition) is 2. The van der Waals surface area contributed by atoms with Crippen molar-refractivity contribution in [3.63, 3.8) is 0 Å². The molecule has 0 amide bonds. The second-order valence-electron chi connectivity index (χ2n) is 7.11. The standard InChI is InChI=1S/C24H23N3O5/c1-14(28)16-10-7-11-17(12-16)27-21(24(30)32-3)20(23(29)31-2)19(18(13-25)22(27)26)15-8-5-4-6-9-15/h4-12,14,19,28H,26H2,1-3H3. The van der Waals surface area contributed by atoms with E-state index in [1.54, 1.807) is 61.5 Å². The molecule has 164 valence electrons. The van der Waals surface area contributed by atoms with Gasteiger partial charge in [0.15, 0.2) is 0 Å². The zero-order valence-corrected chi connectivity index (χ0v) is 17.9. The van der Waals surface area contributed by atoms with Crippen LogP contribution in [0.1, 0.15) is 30.1 Å². The van der Waals surface area contributed by atoms with E-state index in [4.69, 9.17) is 15.2 Å². The average Bonchev–Trinajstić information content (AvgIpc) is 2.82. The highest BCUT2D eigenvalue weighted by molar-refractivity contribution is 6.06. The summed E-state index contributed by atoms with van der Waals surface area (Å²) in [5.41, 5.74) is 7.80. The second kappa shape index (κ2) is 9.37. The fourth-order valence-corrected chi connectivity index (χ4v) is 3.71. The van der Waals surface area contributed by atoms with E-state index in [9.17, 15) is 20.0 Å². The lowest BCUT2D eigenvalue weighted by molar-refractivity contribution is -0.139. The van der Waals surface area contributed by atoms with E-state index in [1.807, 2.05) is 0 Å². The van der Waals surface area contributed by atoms with Crippen LogP contribution < -0.4 is 10.6 Å². The van der Waals surface area contributed by atoms with Crippen LogP contribution in [0.5, 0.6) is 0 Å². The highest BCUT2D eigenvalue weighted by Crippen LogP contribution is 2.43. The molecule has 0 aliphatic carbocycles. The summed E-state index contributed by atoms with van der Waals surface area (Å²) in [5.74, 6) is -2.58. The van der Waals surface area contributed by atoms with Gasteiger partial charge in [-0.25, -0.2) is 9.59 Å². The maximum Gasteiger partial charge on any atom is 0.355 e. The van der Waals surface area contributed by atoms with Crippen molar-refractivity contribution in [2.24, 2.45) is 5.73 Å². The van der Waals surface area contributed by atoms with Crippen molar-refractivity contribution in [2.75, 3.05) is 19.1 Å². The first-order valence-corrected chi connectivity index (χ1v) is 9.79. The molecule has 1 aliphatic rings. The van der Waals surface area contributed by atoms with Crippen molar-refractivity contribution in [1.29, 1.82) is 5.26 Å². The summed E-state index contributed by atoms with van der Waals surface area (Å²) in [4.78, 5) is 27.2. The fraction of sp³-hybridized carbons (Fsp3) is 0.208. The number of aliphatic hydroxyl groups excluding tert-OH is 1. The van der Waals surface area contributed by atoms with E-state index in [2.05, 4.69) is 6.07 Å².